The highest BCUT2D eigenvalue weighted by Crippen LogP contribution is 2.15. The zero-order valence-electron chi connectivity index (χ0n) is 13.4. The summed E-state index contributed by atoms with van der Waals surface area (Å²) in [5, 5.41) is 19.3. The number of nitrogens with zero attached hydrogens (tertiary/aromatic N) is 7. The lowest BCUT2D eigenvalue weighted by atomic mass is 10.3. The first-order valence-electron chi connectivity index (χ1n) is 7.75. The molecule has 3 aromatic rings. The molecule has 3 aromatic heterocycles. The van der Waals surface area contributed by atoms with Gasteiger partial charge in [-0.15, -0.1) is 5.10 Å². The average Bonchev–Trinajstić information content (AvgIpc) is 3.30. The van der Waals surface area contributed by atoms with Crippen molar-refractivity contribution >= 4 is 11.8 Å². The molecule has 0 spiro atoms. The molecule has 0 radical (unpaired) electrons. The number of carbonyl (C=O) groups is 1. The van der Waals surface area contributed by atoms with E-state index < -0.39 is 11.5 Å². The number of anilines is 1. The fourth-order valence-electron chi connectivity index (χ4n) is 2.70. The van der Waals surface area contributed by atoms with Gasteiger partial charge in [-0.05, 0) is 0 Å². The van der Waals surface area contributed by atoms with Gasteiger partial charge >= 0.3 is 5.97 Å². The molecule has 12 heteroatoms. The fraction of sp³-hybridized carbons (Fsp3) is 0.286. The van der Waals surface area contributed by atoms with Crippen molar-refractivity contribution in [3.63, 3.8) is 0 Å². The topological polar surface area (TPSA) is 144 Å². The van der Waals surface area contributed by atoms with E-state index in [2.05, 4.69) is 25.4 Å². The number of hydrogen-bond acceptors (Lipinski definition) is 8. The monoisotopic (exact) mass is 358 g/mol. The molecule has 2 N–H and O–H groups in total. The van der Waals surface area contributed by atoms with Gasteiger partial charge in [0, 0.05) is 19.2 Å². The number of rotatable bonds is 4. The van der Waals surface area contributed by atoms with Crippen molar-refractivity contribution in [2.75, 3.05) is 31.2 Å². The molecule has 0 aliphatic carbocycles. The number of aromatic amines is 1. The van der Waals surface area contributed by atoms with Crippen LogP contribution in [0.2, 0.25) is 0 Å². The molecule has 1 aliphatic heterocycles. The minimum Gasteiger partial charge on any atom is -0.476 e. The van der Waals surface area contributed by atoms with Gasteiger partial charge in [0.2, 0.25) is 0 Å². The summed E-state index contributed by atoms with van der Waals surface area (Å²) in [7, 11) is 0. The van der Waals surface area contributed by atoms with Gasteiger partial charge in [-0.25, -0.2) is 19.4 Å². The van der Waals surface area contributed by atoms with E-state index in [1.807, 2.05) is 4.90 Å². The molecule has 0 bridgehead atoms. The highest BCUT2D eigenvalue weighted by molar-refractivity contribution is 5.89. The van der Waals surface area contributed by atoms with E-state index in [-0.39, 0.29) is 17.2 Å². The predicted octanol–water partition coefficient (Wildman–Crippen LogP) is -0.929. The zero-order valence-corrected chi connectivity index (χ0v) is 13.4. The second kappa shape index (κ2) is 6.40. The molecule has 0 saturated carbocycles. The summed E-state index contributed by atoms with van der Waals surface area (Å²) in [4.78, 5) is 34.6. The van der Waals surface area contributed by atoms with E-state index >= 15 is 0 Å². The van der Waals surface area contributed by atoms with Gasteiger partial charge in [0.25, 0.3) is 5.56 Å². The Morgan fingerprint density at radius 1 is 1.23 bits per heavy atom. The maximum atomic E-state index is 12.8. The lowest BCUT2D eigenvalue weighted by Crippen LogP contribution is -2.37. The smallest absolute Gasteiger partial charge is 0.356 e. The van der Waals surface area contributed by atoms with Crippen LogP contribution in [0.4, 0.5) is 5.82 Å². The largest absolute Gasteiger partial charge is 0.476 e. The standard InChI is InChI=1S/C14H14N8O4/c23-13-12(21-2-1-17-19-21)11(14(24)25)18-22(13)10-7-9(15-8-16-10)20-3-5-26-6-4-20/h1-2,7-8,18H,3-6H2,(H,24,25). The first-order valence-corrected chi connectivity index (χ1v) is 7.75. The maximum Gasteiger partial charge on any atom is 0.356 e. The Balaban J connectivity index is 1.80. The van der Waals surface area contributed by atoms with Crippen LogP contribution in [0.5, 0.6) is 0 Å². The minimum atomic E-state index is -1.30. The van der Waals surface area contributed by atoms with Crippen LogP contribution in [0, 0.1) is 0 Å². The summed E-state index contributed by atoms with van der Waals surface area (Å²) in [6, 6.07) is 1.61. The molecule has 12 nitrogen and oxygen atoms in total. The van der Waals surface area contributed by atoms with Crippen molar-refractivity contribution < 1.29 is 14.6 Å². The molecular formula is C14H14N8O4. The Bertz CT molecular complexity index is 987. The summed E-state index contributed by atoms with van der Waals surface area (Å²) < 4.78 is 7.46. The lowest BCUT2D eigenvalue weighted by molar-refractivity contribution is 0.0689. The highest BCUT2D eigenvalue weighted by atomic mass is 16.5. The lowest BCUT2D eigenvalue weighted by Gasteiger charge is -2.27. The first kappa shape index (κ1) is 16.0. The normalized spacial score (nSPS) is 14.5. The van der Waals surface area contributed by atoms with Gasteiger partial charge in [-0.3, -0.25) is 9.89 Å². The molecule has 134 valence electrons. The summed E-state index contributed by atoms with van der Waals surface area (Å²) in [5.74, 6) is -0.451. The third kappa shape index (κ3) is 2.71. The van der Waals surface area contributed by atoms with E-state index in [4.69, 9.17) is 4.74 Å². The van der Waals surface area contributed by atoms with Gasteiger partial charge in [-0.1, -0.05) is 5.21 Å². The number of nitrogens with one attached hydrogen (secondary N) is 1. The van der Waals surface area contributed by atoms with Gasteiger partial charge in [0.1, 0.15) is 12.1 Å². The summed E-state index contributed by atoms with van der Waals surface area (Å²) in [5.41, 5.74) is -1.08. The molecule has 0 unspecified atom stereocenters. The first-order chi connectivity index (χ1) is 12.6. The molecular weight excluding hydrogens is 344 g/mol. The van der Waals surface area contributed by atoms with Crippen molar-refractivity contribution in [3.8, 4) is 11.5 Å². The van der Waals surface area contributed by atoms with Crippen molar-refractivity contribution in [2.45, 2.75) is 0 Å². The average molecular weight is 358 g/mol. The van der Waals surface area contributed by atoms with E-state index in [0.29, 0.717) is 32.1 Å². The molecule has 0 amide bonds. The Morgan fingerprint density at radius 3 is 2.69 bits per heavy atom. The van der Waals surface area contributed by atoms with Crippen LogP contribution in [0.15, 0.2) is 29.6 Å². The van der Waals surface area contributed by atoms with E-state index in [0.717, 1.165) is 9.36 Å². The molecule has 0 aromatic carbocycles. The third-order valence-electron chi connectivity index (χ3n) is 3.93. The van der Waals surface area contributed by atoms with Gasteiger partial charge in [0.15, 0.2) is 17.2 Å². The molecule has 4 rings (SSSR count). The van der Waals surface area contributed by atoms with Gasteiger partial charge < -0.3 is 14.7 Å². The Morgan fingerprint density at radius 2 is 2.00 bits per heavy atom. The maximum absolute atomic E-state index is 12.8. The van der Waals surface area contributed by atoms with Crippen LogP contribution in [0.3, 0.4) is 0 Å². The molecule has 26 heavy (non-hydrogen) atoms. The van der Waals surface area contributed by atoms with Crippen molar-refractivity contribution in [1.29, 1.82) is 0 Å². The number of morpholine rings is 1. The number of aromatic carboxylic acids is 1. The molecule has 1 saturated heterocycles. The number of hydrogen-bond donors (Lipinski definition) is 2. The second-order valence-electron chi connectivity index (χ2n) is 5.46. The Labute approximate surface area is 145 Å². The molecule has 4 heterocycles. The van der Waals surface area contributed by atoms with Crippen LogP contribution in [-0.2, 0) is 4.74 Å². The number of carboxylic acids is 1. The Hall–Kier alpha value is -3.54. The second-order valence-corrected chi connectivity index (χ2v) is 5.46. The molecule has 1 fully saturated rings. The summed E-state index contributed by atoms with van der Waals surface area (Å²) >= 11 is 0. The van der Waals surface area contributed by atoms with Crippen molar-refractivity contribution in [2.24, 2.45) is 0 Å². The number of carboxylic acid groups (broad SMARTS) is 1. The van der Waals surface area contributed by atoms with Crippen LogP contribution < -0.4 is 10.5 Å². The van der Waals surface area contributed by atoms with Crippen LogP contribution in [0.25, 0.3) is 11.5 Å². The zero-order chi connectivity index (χ0) is 18.1. The molecule has 1 aliphatic rings. The van der Waals surface area contributed by atoms with Crippen LogP contribution >= 0.6 is 0 Å². The Kier molecular flexibility index (Phi) is 3.93. The fourth-order valence-corrected chi connectivity index (χ4v) is 2.70. The van der Waals surface area contributed by atoms with Crippen LogP contribution in [0.1, 0.15) is 10.5 Å². The SMILES string of the molecule is O=C(O)c1[nH]n(-c2cc(N3CCOCC3)ncn2)c(=O)c1-n1ccnn1. The highest BCUT2D eigenvalue weighted by Gasteiger charge is 2.24. The van der Waals surface area contributed by atoms with E-state index in [9.17, 15) is 14.7 Å². The van der Waals surface area contributed by atoms with Gasteiger partial charge in [-0.2, -0.15) is 4.68 Å². The van der Waals surface area contributed by atoms with Gasteiger partial charge in [0.05, 0.1) is 25.6 Å². The van der Waals surface area contributed by atoms with Crippen molar-refractivity contribution in [1.82, 2.24) is 34.7 Å². The number of H-pyrrole nitrogens is 1. The molecule has 0 atom stereocenters. The summed E-state index contributed by atoms with van der Waals surface area (Å²) in [6.45, 7) is 2.50. The van der Waals surface area contributed by atoms with E-state index in [1.54, 1.807) is 6.07 Å². The minimum absolute atomic E-state index is 0.151. The van der Waals surface area contributed by atoms with E-state index in [1.165, 1.54) is 18.7 Å². The number of ether oxygens (including phenoxy) is 1. The number of aromatic nitrogens is 7. The van der Waals surface area contributed by atoms with Crippen molar-refractivity contribution in [3.05, 3.63) is 40.8 Å². The predicted molar refractivity (Wildman–Crippen MR) is 86.9 cm³/mol. The van der Waals surface area contributed by atoms with Crippen LogP contribution in [-0.4, -0.2) is 72.1 Å². The summed E-state index contributed by atoms with van der Waals surface area (Å²) in [6.07, 6.45) is 4.06. The quantitative estimate of drug-likeness (QED) is 0.604. The third-order valence-corrected chi connectivity index (χ3v) is 3.93.